The molecule has 1 aliphatic carbocycles. The summed E-state index contributed by atoms with van der Waals surface area (Å²) in [4.78, 5) is 31.4. The third-order valence-electron chi connectivity index (χ3n) is 6.98. The van der Waals surface area contributed by atoms with Crippen LogP contribution in [0.3, 0.4) is 0 Å². The number of amides is 1. The van der Waals surface area contributed by atoms with Crippen molar-refractivity contribution >= 4 is 11.7 Å². The monoisotopic (exact) mass is 436 g/mol. The Bertz CT molecular complexity index is 1010. The first kappa shape index (κ1) is 22.7. The van der Waals surface area contributed by atoms with E-state index in [4.69, 9.17) is 0 Å². The molecule has 1 saturated heterocycles. The molecule has 2 aliphatic rings. The van der Waals surface area contributed by atoms with Gasteiger partial charge in [0.25, 0.3) is 0 Å². The molecule has 0 saturated carbocycles. The summed E-state index contributed by atoms with van der Waals surface area (Å²) in [5, 5.41) is 0. The summed E-state index contributed by atoms with van der Waals surface area (Å²) in [6, 6.07) is 8.79. The maximum atomic E-state index is 13.2. The fraction of sp³-hybridized carbons (Fsp3) is 0.538. The van der Waals surface area contributed by atoms with Gasteiger partial charge in [0.15, 0.2) is 5.78 Å². The molecule has 0 bridgehead atoms. The lowest BCUT2D eigenvalue weighted by Crippen LogP contribution is -2.39. The van der Waals surface area contributed by atoms with Gasteiger partial charge in [-0.2, -0.15) is 0 Å². The second-order valence-electron chi connectivity index (χ2n) is 9.54. The topological polar surface area (TPSA) is 48.8 Å². The van der Waals surface area contributed by atoms with Gasteiger partial charge >= 0.3 is 0 Å². The minimum atomic E-state index is 0.133. The molecular formula is C26H36N4O2. The summed E-state index contributed by atoms with van der Waals surface area (Å²) >= 11 is 0. The molecule has 0 unspecified atom stereocenters. The molecule has 1 fully saturated rings. The molecule has 0 atom stereocenters. The molecule has 1 aliphatic heterocycles. The number of carbonyl (C=O) groups is 2. The van der Waals surface area contributed by atoms with Gasteiger partial charge < -0.3 is 9.47 Å². The zero-order chi connectivity index (χ0) is 22.8. The molecule has 32 heavy (non-hydrogen) atoms. The zero-order valence-electron chi connectivity index (χ0n) is 20.0. The number of Topliss-reactive ketones (excluding diaryl/α,β-unsaturated/α-hetero) is 1. The zero-order valence-corrected chi connectivity index (χ0v) is 20.0. The van der Waals surface area contributed by atoms with E-state index in [1.54, 1.807) is 19.0 Å². The average Bonchev–Trinajstić information content (AvgIpc) is 3.26. The van der Waals surface area contributed by atoms with Crippen molar-refractivity contribution in [2.24, 2.45) is 0 Å². The van der Waals surface area contributed by atoms with E-state index < -0.39 is 0 Å². The molecule has 1 amide bonds. The first-order valence-corrected chi connectivity index (χ1v) is 11.8. The van der Waals surface area contributed by atoms with Crippen LogP contribution in [-0.4, -0.2) is 84.3 Å². The van der Waals surface area contributed by atoms with Crippen molar-refractivity contribution in [2.45, 2.75) is 39.5 Å². The van der Waals surface area contributed by atoms with Crippen LogP contribution in [0.15, 0.2) is 24.3 Å². The number of fused-ring (bicyclic) bond motifs is 1. The van der Waals surface area contributed by atoms with Crippen molar-refractivity contribution in [1.29, 1.82) is 0 Å². The molecule has 172 valence electrons. The fourth-order valence-corrected chi connectivity index (χ4v) is 5.10. The number of aromatic nitrogens is 1. The van der Waals surface area contributed by atoms with Gasteiger partial charge in [-0.05, 0) is 81.9 Å². The number of nitrogens with zero attached hydrogens (tertiary/aromatic N) is 4. The Hall–Kier alpha value is -2.44. The van der Waals surface area contributed by atoms with Gasteiger partial charge in [-0.15, -0.1) is 0 Å². The van der Waals surface area contributed by atoms with E-state index in [-0.39, 0.29) is 11.7 Å². The minimum Gasteiger partial charge on any atom is -0.348 e. The number of benzene rings is 1. The van der Waals surface area contributed by atoms with Gasteiger partial charge in [0.05, 0.1) is 13.1 Å². The number of ketones is 1. The largest absolute Gasteiger partial charge is 0.348 e. The van der Waals surface area contributed by atoms with Gasteiger partial charge in [0, 0.05) is 49.8 Å². The number of hydrogen-bond acceptors (Lipinski definition) is 4. The van der Waals surface area contributed by atoms with Crippen LogP contribution >= 0.6 is 0 Å². The second kappa shape index (κ2) is 9.59. The van der Waals surface area contributed by atoms with Crippen molar-refractivity contribution in [3.8, 4) is 5.69 Å². The minimum absolute atomic E-state index is 0.133. The van der Waals surface area contributed by atoms with Crippen LogP contribution in [0.1, 0.15) is 45.7 Å². The summed E-state index contributed by atoms with van der Waals surface area (Å²) in [5.41, 5.74) is 7.04. The van der Waals surface area contributed by atoms with E-state index >= 15 is 0 Å². The molecule has 2 heterocycles. The lowest BCUT2D eigenvalue weighted by Gasteiger charge is -2.22. The standard InChI is InChI=1S/C26H36N4O2/c1-19-15-24(20(2)30(19)23-10-9-21-7-5-8-22(21)16-23)25(31)17-28-11-6-12-29(14-13-28)18-26(32)27(3)4/h9-10,15-16H,5-8,11-14,17-18H2,1-4H3. The number of rotatable bonds is 6. The molecule has 1 aromatic carbocycles. The van der Waals surface area contributed by atoms with Crippen LogP contribution in [0.2, 0.25) is 0 Å². The number of hydrogen-bond donors (Lipinski definition) is 0. The highest BCUT2D eigenvalue weighted by molar-refractivity contribution is 5.99. The van der Waals surface area contributed by atoms with E-state index in [1.165, 1.54) is 24.0 Å². The molecule has 6 nitrogen and oxygen atoms in total. The molecule has 0 spiro atoms. The van der Waals surface area contributed by atoms with Gasteiger partial charge in [-0.1, -0.05) is 6.07 Å². The van der Waals surface area contributed by atoms with E-state index in [2.05, 4.69) is 46.4 Å². The number of aryl methyl sites for hydroxylation is 3. The second-order valence-corrected chi connectivity index (χ2v) is 9.54. The van der Waals surface area contributed by atoms with Crippen LogP contribution in [-0.2, 0) is 17.6 Å². The van der Waals surface area contributed by atoms with Crippen LogP contribution in [0.4, 0.5) is 0 Å². The Morgan fingerprint density at radius 1 is 0.875 bits per heavy atom. The molecule has 6 heteroatoms. The van der Waals surface area contributed by atoms with Crippen LogP contribution in [0, 0.1) is 13.8 Å². The predicted octanol–water partition coefficient (Wildman–Crippen LogP) is 2.86. The molecule has 1 aromatic heterocycles. The maximum absolute atomic E-state index is 13.2. The van der Waals surface area contributed by atoms with Crippen LogP contribution < -0.4 is 0 Å². The van der Waals surface area contributed by atoms with E-state index in [0.29, 0.717) is 13.1 Å². The maximum Gasteiger partial charge on any atom is 0.236 e. The van der Waals surface area contributed by atoms with E-state index in [9.17, 15) is 9.59 Å². The lowest BCUT2D eigenvalue weighted by atomic mass is 10.1. The van der Waals surface area contributed by atoms with Crippen molar-refractivity contribution in [1.82, 2.24) is 19.3 Å². The summed E-state index contributed by atoms with van der Waals surface area (Å²) in [7, 11) is 3.59. The van der Waals surface area contributed by atoms with Crippen LogP contribution in [0.5, 0.6) is 0 Å². The Balaban J connectivity index is 1.43. The average molecular weight is 437 g/mol. The SMILES string of the molecule is Cc1cc(C(=O)CN2CCCN(CC(=O)N(C)C)CC2)c(C)n1-c1ccc2c(c1)CCC2. The summed E-state index contributed by atoms with van der Waals surface area (Å²) in [5.74, 6) is 0.317. The highest BCUT2D eigenvalue weighted by Gasteiger charge is 2.23. The van der Waals surface area contributed by atoms with Crippen molar-refractivity contribution in [3.05, 3.63) is 52.3 Å². The van der Waals surface area contributed by atoms with Gasteiger partial charge in [-0.25, -0.2) is 0 Å². The molecular weight excluding hydrogens is 400 g/mol. The third-order valence-corrected chi connectivity index (χ3v) is 6.98. The molecule has 2 aromatic rings. The summed E-state index contributed by atoms with van der Waals surface area (Å²) in [6.45, 7) is 8.46. The van der Waals surface area contributed by atoms with Gasteiger partial charge in [0.2, 0.25) is 5.91 Å². The van der Waals surface area contributed by atoms with Crippen LogP contribution in [0.25, 0.3) is 5.69 Å². The Kier molecular flexibility index (Phi) is 6.82. The Morgan fingerprint density at radius 3 is 2.28 bits per heavy atom. The fourth-order valence-electron chi connectivity index (χ4n) is 5.10. The number of likely N-dealkylation sites (N-methyl/N-ethyl adjacent to an activating group) is 1. The Labute approximate surface area is 191 Å². The van der Waals surface area contributed by atoms with Gasteiger partial charge in [-0.3, -0.25) is 19.4 Å². The highest BCUT2D eigenvalue weighted by atomic mass is 16.2. The Morgan fingerprint density at radius 2 is 1.56 bits per heavy atom. The molecule has 4 rings (SSSR count). The van der Waals surface area contributed by atoms with Crippen molar-refractivity contribution in [2.75, 3.05) is 53.4 Å². The predicted molar refractivity (Wildman–Crippen MR) is 128 cm³/mol. The van der Waals surface area contributed by atoms with E-state index in [1.807, 2.05) is 6.07 Å². The normalized spacial score (nSPS) is 17.2. The number of carbonyl (C=O) groups excluding carboxylic acids is 2. The van der Waals surface area contributed by atoms with E-state index in [0.717, 1.165) is 61.7 Å². The van der Waals surface area contributed by atoms with Crippen molar-refractivity contribution in [3.63, 3.8) is 0 Å². The third kappa shape index (κ3) is 4.81. The first-order chi connectivity index (χ1) is 15.3. The molecule has 0 radical (unpaired) electrons. The highest BCUT2D eigenvalue weighted by Crippen LogP contribution is 2.27. The van der Waals surface area contributed by atoms with Crippen molar-refractivity contribution < 1.29 is 9.59 Å². The smallest absolute Gasteiger partial charge is 0.236 e. The molecule has 0 N–H and O–H groups in total. The lowest BCUT2D eigenvalue weighted by molar-refractivity contribution is -0.129. The first-order valence-electron chi connectivity index (χ1n) is 11.8. The summed E-state index contributed by atoms with van der Waals surface area (Å²) < 4.78 is 2.23. The quantitative estimate of drug-likeness (QED) is 0.654. The van der Waals surface area contributed by atoms with Gasteiger partial charge in [0.1, 0.15) is 0 Å². The summed E-state index contributed by atoms with van der Waals surface area (Å²) in [6.07, 6.45) is 4.55.